The van der Waals surface area contributed by atoms with Crippen molar-refractivity contribution in [2.45, 2.75) is 31.3 Å². The Labute approximate surface area is 125 Å². The van der Waals surface area contributed by atoms with Crippen LogP contribution in [0.1, 0.15) is 19.5 Å². The minimum Gasteiger partial charge on any atom is -0.378 e. The third-order valence-corrected chi connectivity index (χ3v) is 4.67. The van der Waals surface area contributed by atoms with Crippen molar-refractivity contribution in [3.05, 3.63) is 42.2 Å². The number of sulfonamides is 1. The Bertz CT molecular complexity index is 707. The van der Waals surface area contributed by atoms with Gasteiger partial charge in [0.05, 0.1) is 17.9 Å². The van der Waals surface area contributed by atoms with E-state index in [0.29, 0.717) is 12.2 Å². The number of benzene rings is 1. The first-order valence-corrected chi connectivity index (χ1v) is 8.20. The highest BCUT2D eigenvalue weighted by Crippen LogP contribution is 2.21. The number of nitrogens with one attached hydrogen (secondary N) is 2. The molecule has 0 amide bonds. The SMILES string of the molecule is CC(C)NS(=O)(=O)c1ccccc1NCc1ccnn1C. The Hall–Kier alpha value is -1.86. The van der Waals surface area contributed by atoms with Gasteiger partial charge in [0.2, 0.25) is 10.0 Å². The molecule has 1 heterocycles. The molecule has 0 aliphatic heterocycles. The zero-order valence-electron chi connectivity index (χ0n) is 12.4. The van der Waals surface area contributed by atoms with E-state index in [0.717, 1.165) is 5.69 Å². The van der Waals surface area contributed by atoms with Gasteiger partial charge in [-0.25, -0.2) is 13.1 Å². The van der Waals surface area contributed by atoms with Crippen LogP contribution in [0.3, 0.4) is 0 Å². The minimum absolute atomic E-state index is 0.153. The van der Waals surface area contributed by atoms with E-state index < -0.39 is 10.0 Å². The molecule has 0 bridgehead atoms. The number of rotatable bonds is 6. The maximum Gasteiger partial charge on any atom is 0.242 e. The highest BCUT2D eigenvalue weighted by Gasteiger charge is 2.19. The van der Waals surface area contributed by atoms with Crippen molar-refractivity contribution >= 4 is 15.7 Å². The zero-order valence-corrected chi connectivity index (χ0v) is 13.2. The fraction of sp³-hybridized carbons (Fsp3) is 0.357. The highest BCUT2D eigenvalue weighted by atomic mass is 32.2. The second kappa shape index (κ2) is 6.28. The van der Waals surface area contributed by atoms with Gasteiger partial charge in [-0.05, 0) is 32.0 Å². The first-order chi connectivity index (χ1) is 9.90. The molecule has 2 aromatic rings. The van der Waals surface area contributed by atoms with Crippen molar-refractivity contribution < 1.29 is 8.42 Å². The summed E-state index contributed by atoms with van der Waals surface area (Å²) >= 11 is 0. The monoisotopic (exact) mass is 308 g/mol. The minimum atomic E-state index is -3.53. The fourth-order valence-electron chi connectivity index (χ4n) is 1.98. The molecule has 114 valence electrons. The molecule has 2 rings (SSSR count). The van der Waals surface area contributed by atoms with Crippen LogP contribution in [0.4, 0.5) is 5.69 Å². The van der Waals surface area contributed by atoms with E-state index in [1.807, 2.05) is 13.1 Å². The van der Waals surface area contributed by atoms with Crippen LogP contribution in [-0.2, 0) is 23.6 Å². The lowest BCUT2D eigenvalue weighted by Crippen LogP contribution is -2.30. The summed E-state index contributed by atoms with van der Waals surface area (Å²) in [4.78, 5) is 0.251. The predicted octanol–water partition coefficient (Wildman–Crippen LogP) is 1.72. The Balaban J connectivity index is 2.23. The summed E-state index contributed by atoms with van der Waals surface area (Å²) in [5.74, 6) is 0. The van der Waals surface area contributed by atoms with E-state index in [1.165, 1.54) is 0 Å². The molecule has 7 heteroatoms. The van der Waals surface area contributed by atoms with Crippen LogP contribution in [0.15, 0.2) is 41.4 Å². The van der Waals surface area contributed by atoms with Crippen LogP contribution in [0, 0.1) is 0 Å². The van der Waals surface area contributed by atoms with Crippen LogP contribution in [0.25, 0.3) is 0 Å². The highest BCUT2D eigenvalue weighted by molar-refractivity contribution is 7.89. The Morgan fingerprint density at radius 1 is 1.24 bits per heavy atom. The van der Waals surface area contributed by atoms with Gasteiger partial charge in [-0.1, -0.05) is 12.1 Å². The molecule has 0 unspecified atom stereocenters. The van der Waals surface area contributed by atoms with Crippen LogP contribution >= 0.6 is 0 Å². The van der Waals surface area contributed by atoms with Gasteiger partial charge in [0, 0.05) is 19.3 Å². The van der Waals surface area contributed by atoms with Gasteiger partial charge in [0.1, 0.15) is 4.90 Å². The lowest BCUT2D eigenvalue weighted by atomic mass is 10.3. The normalized spacial score (nSPS) is 11.8. The largest absolute Gasteiger partial charge is 0.378 e. The molecule has 1 aromatic carbocycles. The molecule has 0 aliphatic rings. The summed E-state index contributed by atoms with van der Waals surface area (Å²) in [6, 6.07) is 8.60. The van der Waals surface area contributed by atoms with E-state index in [1.54, 1.807) is 49.0 Å². The number of hydrogen-bond donors (Lipinski definition) is 2. The molecule has 6 nitrogen and oxygen atoms in total. The van der Waals surface area contributed by atoms with Crippen LogP contribution in [-0.4, -0.2) is 24.2 Å². The smallest absolute Gasteiger partial charge is 0.242 e. The molecular formula is C14H20N4O2S. The summed E-state index contributed by atoms with van der Waals surface area (Å²) in [5, 5.41) is 7.24. The number of para-hydroxylation sites is 1. The Morgan fingerprint density at radius 3 is 2.57 bits per heavy atom. The number of hydrogen-bond acceptors (Lipinski definition) is 4. The average molecular weight is 308 g/mol. The first kappa shape index (κ1) is 15.5. The number of aromatic nitrogens is 2. The van der Waals surface area contributed by atoms with Crippen LogP contribution < -0.4 is 10.0 Å². The molecular weight excluding hydrogens is 288 g/mol. The molecule has 1 aromatic heterocycles. The fourth-order valence-corrected chi connectivity index (χ4v) is 3.42. The van der Waals surface area contributed by atoms with Crippen molar-refractivity contribution in [3.8, 4) is 0 Å². The van der Waals surface area contributed by atoms with Crippen molar-refractivity contribution in [2.24, 2.45) is 7.05 Å². The van der Waals surface area contributed by atoms with Gasteiger partial charge in [-0.2, -0.15) is 5.10 Å². The molecule has 0 atom stereocenters. The summed E-state index contributed by atoms with van der Waals surface area (Å²) in [5.41, 5.74) is 1.55. The van der Waals surface area contributed by atoms with E-state index in [2.05, 4.69) is 15.1 Å². The molecule has 0 saturated heterocycles. The first-order valence-electron chi connectivity index (χ1n) is 6.72. The lowest BCUT2D eigenvalue weighted by Gasteiger charge is -2.14. The number of nitrogens with zero attached hydrogens (tertiary/aromatic N) is 2. The molecule has 0 saturated carbocycles. The quantitative estimate of drug-likeness (QED) is 0.852. The maximum absolute atomic E-state index is 12.3. The second-order valence-electron chi connectivity index (χ2n) is 5.07. The van der Waals surface area contributed by atoms with Crippen molar-refractivity contribution in [3.63, 3.8) is 0 Å². The van der Waals surface area contributed by atoms with Crippen molar-refractivity contribution in [2.75, 3.05) is 5.32 Å². The molecule has 2 N–H and O–H groups in total. The van der Waals surface area contributed by atoms with E-state index in [-0.39, 0.29) is 10.9 Å². The summed E-state index contributed by atoms with van der Waals surface area (Å²) in [7, 11) is -1.68. The predicted molar refractivity (Wildman–Crippen MR) is 82.4 cm³/mol. The van der Waals surface area contributed by atoms with E-state index >= 15 is 0 Å². The third-order valence-electron chi connectivity index (χ3n) is 2.95. The average Bonchev–Trinajstić information content (AvgIpc) is 2.81. The summed E-state index contributed by atoms with van der Waals surface area (Å²) < 4.78 is 29.0. The van der Waals surface area contributed by atoms with E-state index in [9.17, 15) is 8.42 Å². The number of aryl methyl sites for hydroxylation is 1. The van der Waals surface area contributed by atoms with Crippen LogP contribution in [0.5, 0.6) is 0 Å². The van der Waals surface area contributed by atoms with Gasteiger partial charge < -0.3 is 5.32 Å². The van der Waals surface area contributed by atoms with Gasteiger partial charge in [-0.15, -0.1) is 0 Å². The standard InChI is InChI=1S/C14H20N4O2S/c1-11(2)17-21(19,20)14-7-5-4-6-13(14)15-10-12-8-9-16-18(12)3/h4-9,11,15,17H,10H2,1-3H3. The lowest BCUT2D eigenvalue weighted by molar-refractivity contribution is 0.570. The van der Waals surface area contributed by atoms with Gasteiger partial charge in [-0.3, -0.25) is 4.68 Å². The molecule has 21 heavy (non-hydrogen) atoms. The molecule has 0 radical (unpaired) electrons. The number of anilines is 1. The van der Waals surface area contributed by atoms with Crippen molar-refractivity contribution in [1.29, 1.82) is 0 Å². The molecule has 0 aliphatic carbocycles. The summed E-state index contributed by atoms with van der Waals surface area (Å²) in [6.07, 6.45) is 1.71. The molecule has 0 fully saturated rings. The van der Waals surface area contributed by atoms with Crippen molar-refractivity contribution in [1.82, 2.24) is 14.5 Å². The van der Waals surface area contributed by atoms with E-state index in [4.69, 9.17) is 0 Å². The van der Waals surface area contributed by atoms with Crippen LogP contribution in [0.2, 0.25) is 0 Å². The Morgan fingerprint density at radius 2 is 1.95 bits per heavy atom. The topological polar surface area (TPSA) is 76.0 Å². The third kappa shape index (κ3) is 3.83. The second-order valence-corrected chi connectivity index (χ2v) is 6.75. The zero-order chi connectivity index (χ0) is 15.5. The van der Waals surface area contributed by atoms with Gasteiger partial charge in [0.25, 0.3) is 0 Å². The molecule has 0 spiro atoms. The summed E-state index contributed by atoms with van der Waals surface area (Å²) in [6.45, 7) is 4.09. The van der Waals surface area contributed by atoms with Gasteiger partial charge >= 0.3 is 0 Å². The maximum atomic E-state index is 12.3. The Kier molecular flexibility index (Phi) is 4.64. The van der Waals surface area contributed by atoms with Gasteiger partial charge in [0.15, 0.2) is 0 Å².